The average molecular weight is 1120 g/mol. The summed E-state index contributed by atoms with van der Waals surface area (Å²) in [6.45, 7) is 4.16. The van der Waals surface area contributed by atoms with Gasteiger partial charge in [0.05, 0.1) is 6.42 Å². The van der Waals surface area contributed by atoms with Gasteiger partial charge in [-0.25, -0.2) is 0 Å². The second kappa shape index (κ2) is 20.7. The molecule has 4 nitrogen and oxygen atoms in total. The number of hydrogen-bond donors (Lipinski definition) is 2. The number of benzene rings is 4. The van der Waals surface area contributed by atoms with Crippen LogP contribution in [0.1, 0.15) is 58.1 Å². The van der Waals surface area contributed by atoms with E-state index in [4.69, 9.17) is 4.74 Å². The zero-order valence-corrected chi connectivity index (χ0v) is 33.4. The topological polar surface area (TPSA) is 66.8 Å². The maximum atomic E-state index is 11.7. The van der Waals surface area contributed by atoms with Crippen molar-refractivity contribution in [2.75, 3.05) is 6.61 Å². The fourth-order valence-electron chi connectivity index (χ4n) is 4.73. The molecule has 2 atom stereocenters. The van der Waals surface area contributed by atoms with E-state index >= 15 is 0 Å². The molecule has 1 heterocycles. The van der Waals surface area contributed by atoms with Crippen molar-refractivity contribution in [3.63, 3.8) is 0 Å². The molecule has 220 valence electrons. The van der Waals surface area contributed by atoms with Crippen LogP contribution in [0.15, 0.2) is 97.1 Å². The molecule has 2 N–H and O–H groups in total. The van der Waals surface area contributed by atoms with E-state index < -0.39 is 0 Å². The number of fused-ring (bicyclic) bond motifs is 1. The average Bonchev–Trinajstić information content (AvgIpc) is 3.00. The number of esters is 1. The number of carbonyl (C=O) groups is 1. The summed E-state index contributed by atoms with van der Waals surface area (Å²) in [5, 5.41) is 19.2. The standard InChI is InChI=1S/C16H14O2.C16H18O2.I3.I2/c1-11-7-8-15-14(9-11)13(10-16(17)18-15)12-5-3-2-4-6-12;1-12-7-8-16(18)15(11-12)14(9-10-17)13-5-3-2-4-6-13;1-3-2;1-2/h2-9,13H,10H2,1H3;2-8,11,14,17-18H,9-10H2,1H3;;/q;;-1;. The van der Waals surface area contributed by atoms with Crippen LogP contribution in [0.3, 0.4) is 0 Å². The summed E-state index contributed by atoms with van der Waals surface area (Å²) in [5.74, 6) is 0.993. The van der Waals surface area contributed by atoms with Gasteiger partial charge >= 0.3 is 56.5 Å². The zero-order chi connectivity index (χ0) is 30.2. The first-order valence-corrected chi connectivity index (χ1v) is 31.6. The number of aliphatic hydroxyl groups excluding tert-OH is 1. The number of aliphatic hydroxyl groups is 1. The van der Waals surface area contributed by atoms with E-state index in [0.717, 1.165) is 22.3 Å². The summed E-state index contributed by atoms with van der Waals surface area (Å²) in [6.07, 6.45) is 1.03. The van der Waals surface area contributed by atoms with Crippen molar-refractivity contribution in [3.8, 4) is 11.5 Å². The molecule has 5 rings (SSSR count). The van der Waals surface area contributed by atoms with E-state index in [1.165, 1.54) is 11.1 Å². The Balaban J connectivity index is 0.000000248. The predicted molar refractivity (Wildman–Crippen MR) is 199 cm³/mol. The number of phenols is 1. The molecule has 1 aliphatic heterocycles. The van der Waals surface area contributed by atoms with E-state index in [9.17, 15) is 15.0 Å². The Morgan fingerprint density at radius 3 is 2.05 bits per heavy atom. The van der Waals surface area contributed by atoms with Crippen LogP contribution in [0.5, 0.6) is 11.5 Å². The molecule has 0 aliphatic carbocycles. The minimum atomic E-state index is -0.153. The summed E-state index contributed by atoms with van der Waals surface area (Å²) >= 11 is 9.54. The number of aryl methyl sites for hydroxylation is 2. The first-order chi connectivity index (χ1) is 19.9. The molecule has 0 saturated heterocycles. The van der Waals surface area contributed by atoms with Gasteiger partial charge in [-0.15, -0.1) is 0 Å². The number of phenolic OH excluding ortho intramolecular Hbond substituents is 1. The van der Waals surface area contributed by atoms with Gasteiger partial charge in [0.1, 0.15) is 11.5 Å². The third-order valence-corrected chi connectivity index (χ3v) is 6.52. The molecule has 41 heavy (non-hydrogen) atoms. The van der Waals surface area contributed by atoms with Crippen LogP contribution < -0.4 is 18.0 Å². The number of hydrogen-bond acceptors (Lipinski definition) is 4. The molecular formula is C32H32I5O4-. The Kier molecular flexibility index (Phi) is 18.6. The van der Waals surface area contributed by atoms with Crippen LogP contribution in [-0.4, -0.2) is 22.8 Å². The number of halogens is 5. The summed E-state index contributed by atoms with van der Waals surface area (Å²) in [5.41, 5.74) is 6.58. The maximum absolute atomic E-state index is 11.7. The Morgan fingerprint density at radius 2 is 1.44 bits per heavy atom. The monoisotopic (exact) mass is 1110 g/mol. The third kappa shape index (κ3) is 12.0. The molecule has 0 radical (unpaired) electrons. The SMILES string of the molecule is Cc1ccc(O)c(C(CCO)c2ccccc2)c1.Cc1ccc2c(c1)C(c1ccccc1)CC(=O)O2.II.I[I-]I. The molecule has 4 aromatic rings. The quantitative estimate of drug-likeness (QED) is 0.126. The fourth-order valence-corrected chi connectivity index (χ4v) is 4.73. The van der Waals surface area contributed by atoms with Crippen LogP contribution in [0.2, 0.25) is 0 Å². The van der Waals surface area contributed by atoms with E-state index in [0.29, 0.717) is 37.6 Å². The third-order valence-electron chi connectivity index (χ3n) is 6.52. The number of carbonyl (C=O) groups excluding carboxylic acids is 1. The molecule has 0 fully saturated rings. The summed E-state index contributed by atoms with van der Waals surface area (Å²) < 4.78 is 5.30. The van der Waals surface area contributed by atoms with E-state index in [1.807, 2.05) is 79.7 Å². The Labute approximate surface area is 296 Å². The van der Waals surface area contributed by atoms with Crippen LogP contribution in [0.4, 0.5) is 0 Å². The number of aromatic hydroxyl groups is 1. The second-order valence-electron chi connectivity index (χ2n) is 9.27. The van der Waals surface area contributed by atoms with Crippen LogP contribution in [0, 0.1) is 13.8 Å². The van der Waals surface area contributed by atoms with Crippen molar-refractivity contribution in [1.29, 1.82) is 0 Å². The van der Waals surface area contributed by atoms with Gasteiger partial charge in [0.15, 0.2) is 0 Å². The van der Waals surface area contributed by atoms with Gasteiger partial charge < -0.3 is 14.9 Å². The number of ether oxygens (including phenoxy) is 1. The first-order valence-electron chi connectivity index (χ1n) is 12.7. The van der Waals surface area contributed by atoms with Crippen molar-refractivity contribution in [2.24, 2.45) is 0 Å². The summed E-state index contributed by atoms with van der Waals surface area (Å²) in [6, 6.07) is 31.7. The molecule has 0 aromatic heterocycles. The molecule has 0 bridgehead atoms. The predicted octanol–water partition coefficient (Wildman–Crippen LogP) is 7.20. The van der Waals surface area contributed by atoms with Crippen LogP contribution in [0.25, 0.3) is 0 Å². The van der Waals surface area contributed by atoms with Crippen molar-refractivity contribution in [1.82, 2.24) is 0 Å². The molecule has 2 unspecified atom stereocenters. The molecule has 0 amide bonds. The first kappa shape index (κ1) is 36.9. The van der Waals surface area contributed by atoms with E-state index in [1.54, 1.807) is 6.07 Å². The van der Waals surface area contributed by atoms with Gasteiger partial charge in [0.2, 0.25) is 0 Å². The molecular weight excluding hydrogens is 1080 g/mol. The second-order valence-corrected chi connectivity index (χ2v) is 25.5. The Bertz CT molecular complexity index is 1340. The molecule has 1 aliphatic rings. The van der Waals surface area contributed by atoms with Gasteiger partial charge in [-0.05, 0) is 43.5 Å². The summed E-state index contributed by atoms with van der Waals surface area (Å²) in [4.78, 5) is 11.7. The van der Waals surface area contributed by atoms with Crippen LogP contribution >= 0.6 is 74.5 Å². The van der Waals surface area contributed by atoms with Crippen LogP contribution in [-0.2, 0) is 4.79 Å². The summed E-state index contributed by atoms with van der Waals surface area (Å²) in [7, 11) is 0. The molecule has 0 saturated carbocycles. The zero-order valence-electron chi connectivity index (χ0n) is 22.6. The molecule has 9 heteroatoms. The van der Waals surface area contributed by atoms with Crippen molar-refractivity contribution in [2.45, 2.75) is 38.5 Å². The van der Waals surface area contributed by atoms with E-state index in [-0.39, 0.29) is 24.4 Å². The van der Waals surface area contributed by atoms with Gasteiger partial charge in [-0.1, -0.05) is 96.1 Å². The van der Waals surface area contributed by atoms with Crippen molar-refractivity contribution in [3.05, 3.63) is 130 Å². The van der Waals surface area contributed by atoms with E-state index in [2.05, 4.69) is 99.6 Å². The van der Waals surface area contributed by atoms with Gasteiger partial charge in [0, 0.05) is 66.8 Å². The Hall–Kier alpha value is -0.240. The molecule has 0 spiro atoms. The minimum absolute atomic E-state index is 0.0381. The van der Waals surface area contributed by atoms with Crippen molar-refractivity contribution >= 4 is 80.4 Å². The number of rotatable bonds is 5. The van der Waals surface area contributed by atoms with Gasteiger partial charge in [0.25, 0.3) is 0 Å². The van der Waals surface area contributed by atoms with Gasteiger partial charge in [-0.2, -0.15) is 0 Å². The Morgan fingerprint density at radius 1 is 0.878 bits per heavy atom. The normalized spacial score (nSPS) is 14.0. The van der Waals surface area contributed by atoms with Crippen molar-refractivity contribution < 1.29 is 33.0 Å². The van der Waals surface area contributed by atoms with Gasteiger partial charge in [-0.3, -0.25) is 4.79 Å². The fraction of sp³-hybridized carbons (Fsp3) is 0.219. The molecule has 4 aromatic carbocycles.